The van der Waals surface area contributed by atoms with E-state index >= 15 is 0 Å². The van der Waals surface area contributed by atoms with Gasteiger partial charge in [-0.1, -0.05) is 30.9 Å². The molecule has 2 aromatic rings. The summed E-state index contributed by atoms with van der Waals surface area (Å²) in [6.45, 7) is 0.311. The molecule has 176 valence electrons. The van der Waals surface area contributed by atoms with Crippen LogP contribution in [0, 0.1) is 5.92 Å². The first-order valence-corrected chi connectivity index (χ1v) is 13.6. The molecular formula is C23H31ClN2O4S2. The normalized spacial score (nSPS) is 16.0. The van der Waals surface area contributed by atoms with Crippen LogP contribution in [0.3, 0.4) is 0 Å². The largest absolute Gasteiger partial charge is 0.493 e. The third-order valence-electron chi connectivity index (χ3n) is 5.79. The van der Waals surface area contributed by atoms with Crippen LogP contribution >= 0.6 is 23.4 Å². The number of ether oxygens (including phenoxy) is 2. The molecule has 32 heavy (non-hydrogen) atoms. The Morgan fingerprint density at radius 1 is 1.09 bits per heavy atom. The highest BCUT2D eigenvalue weighted by Crippen LogP contribution is 2.45. The monoisotopic (exact) mass is 498 g/mol. The Kier molecular flexibility index (Phi) is 8.99. The molecule has 0 saturated heterocycles. The third kappa shape index (κ3) is 6.25. The minimum atomic E-state index is -3.66. The zero-order valence-corrected chi connectivity index (χ0v) is 20.9. The summed E-state index contributed by atoms with van der Waals surface area (Å²) in [6, 6.07) is 10.2. The topological polar surface area (TPSA) is 90.7 Å². The summed E-state index contributed by atoms with van der Waals surface area (Å²) in [6.07, 6.45) is 6.01. The molecule has 0 bridgehead atoms. The Morgan fingerprint density at radius 2 is 1.81 bits per heavy atom. The number of sulfonamides is 1. The Morgan fingerprint density at radius 3 is 2.50 bits per heavy atom. The van der Waals surface area contributed by atoms with Gasteiger partial charge in [-0.25, -0.2) is 13.1 Å². The first-order chi connectivity index (χ1) is 15.4. The number of benzene rings is 2. The molecule has 1 saturated carbocycles. The summed E-state index contributed by atoms with van der Waals surface area (Å²) in [5.74, 6) is 1.99. The van der Waals surface area contributed by atoms with Gasteiger partial charge in [-0.05, 0) is 54.7 Å². The number of thioether (sulfide) groups is 1. The van der Waals surface area contributed by atoms with Gasteiger partial charge in [-0.15, -0.1) is 0 Å². The molecule has 0 aliphatic heterocycles. The summed E-state index contributed by atoms with van der Waals surface area (Å²) in [5.41, 5.74) is 8.08. The number of anilines is 1. The minimum absolute atomic E-state index is 0.142. The molecule has 1 unspecified atom stereocenters. The molecular weight excluding hydrogens is 468 g/mol. The summed E-state index contributed by atoms with van der Waals surface area (Å²) >= 11 is 8.00. The van der Waals surface area contributed by atoms with E-state index in [1.54, 1.807) is 23.9 Å². The van der Waals surface area contributed by atoms with E-state index in [4.69, 9.17) is 26.8 Å². The molecule has 3 rings (SSSR count). The number of nitrogens with two attached hydrogens (primary N) is 1. The average molecular weight is 499 g/mol. The molecule has 1 fully saturated rings. The molecule has 1 aliphatic carbocycles. The molecule has 9 heteroatoms. The van der Waals surface area contributed by atoms with Gasteiger partial charge in [0.2, 0.25) is 10.0 Å². The smallest absolute Gasteiger partial charge is 0.240 e. The van der Waals surface area contributed by atoms with Crippen molar-refractivity contribution in [1.29, 1.82) is 0 Å². The van der Waals surface area contributed by atoms with Crippen LogP contribution in [0.25, 0.3) is 0 Å². The van der Waals surface area contributed by atoms with Crippen molar-refractivity contribution < 1.29 is 17.9 Å². The number of rotatable bonds is 10. The molecule has 3 N–H and O–H groups in total. The fourth-order valence-electron chi connectivity index (χ4n) is 4.14. The van der Waals surface area contributed by atoms with Gasteiger partial charge in [0.25, 0.3) is 0 Å². The van der Waals surface area contributed by atoms with E-state index in [0.29, 0.717) is 34.7 Å². The van der Waals surface area contributed by atoms with Gasteiger partial charge in [-0.2, -0.15) is 11.8 Å². The number of nitrogen functional groups attached to an aromatic ring is 1. The fraction of sp³-hybridized carbons (Fsp3) is 0.478. The van der Waals surface area contributed by atoms with Crippen LogP contribution in [0.4, 0.5) is 5.69 Å². The zero-order chi connectivity index (χ0) is 23.1. The van der Waals surface area contributed by atoms with E-state index in [9.17, 15) is 8.42 Å². The molecule has 0 heterocycles. The Bertz CT molecular complexity index is 1010. The van der Waals surface area contributed by atoms with E-state index in [-0.39, 0.29) is 10.1 Å². The van der Waals surface area contributed by atoms with Crippen LogP contribution in [-0.2, 0) is 10.0 Å². The van der Waals surface area contributed by atoms with Crippen LogP contribution in [-0.4, -0.2) is 34.9 Å². The van der Waals surface area contributed by atoms with Crippen LogP contribution in [0.2, 0.25) is 5.02 Å². The van der Waals surface area contributed by atoms with E-state index in [1.807, 2.05) is 12.1 Å². The second-order valence-corrected chi connectivity index (χ2v) is 11.3. The van der Waals surface area contributed by atoms with E-state index in [1.165, 1.54) is 45.6 Å². The highest BCUT2D eigenvalue weighted by atomic mass is 35.5. The maximum absolute atomic E-state index is 12.8. The lowest BCUT2D eigenvalue weighted by Crippen LogP contribution is -2.26. The Labute approximate surface area is 200 Å². The number of hydrogen-bond donors (Lipinski definition) is 2. The standard InChI is InChI=1S/C23H31ClN2O4S2/c1-29-21-11-9-18(15-22(21)30-2)32(27,28)26-12-13-31-23(16-6-4-3-5-7-16)19-14-17(24)8-10-20(19)25/h8-11,14-16,23,26H,3-7,12-13,25H2,1-2H3. The number of halogens is 1. The second-order valence-electron chi connectivity index (χ2n) is 7.88. The van der Waals surface area contributed by atoms with Crippen LogP contribution in [0.1, 0.15) is 42.9 Å². The van der Waals surface area contributed by atoms with Gasteiger partial charge in [0.05, 0.1) is 19.1 Å². The Hall–Kier alpha value is -1.61. The van der Waals surface area contributed by atoms with Crippen molar-refractivity contribution in [2.45, 2.75) is 42.2 Å². The summed E-state index contributed by atoms with van der Waals surface area (Å²) in [4.78, 5) is 0.142. The molecule has 0 radical (unpaired) electrons. The number of methoxy groups -OCH3 is 2. The van der Waals surface area contributed by atoms with Crippen molar-refractivity contribution in [3.63, 3.8) is 0 Å². The van der Waals surface area contributed by atoms with E-state index in [2.05, 4.69) is 4.72 Å². The SMILES string of the molecule is COc1ccc(S(=O)(=O)NCCSC(c2cc(Cl)ccc2N)C2CCCCC2)cc1OC. The van der Waals surface area contributed by atoms with Gasteiger partial charge in [-0.3, -0.25) is 0 Å². The van der Waals surface area contributed by atoms with Crippen molar-refractivity contribution >= 4 is 39.1 Å². The molecule has 0 amide bonds. The minimum Gasteiger partial charge on any atom is -0.493 e. The number of hydrogen-bond acceptors (Lipinski definition) is 6. The number of nitrogens with one attached hydrogen (secondary N) is 1. The lowest BCUT2D eigenvalue weighted by atomic mass is 9.84. The van der Waals surface area contributed by atoms with E-state index in [0.717, 1.165) is 24.1 Å². The predicted molar refractivity (Wildman–Crippen MR) is 132 cm³/mol. The maximum atomic E-state index is 12.8. The quantitative estimate of drug-likeness (QED) is 0.342. The van der Waals surface area contributed by atoms with Crippen LogP contribution in [0.15, 0.2) is 41.3 Å². The second kappa shape index (κ2) is 11.5. The van der Waals surface area contributed by atoms with Crippen molar-refractivity contribution in [1.82, 2.24) is 4.72 Å². The highest BCUT2D eigenvalue weighted by molar-refractivity contribution is 7.99. The predicted octanol–water partition coefficient (Wildman–Crippen LogP) is 5.27. The van der Waals surface area contributed by atoms with Crippen molar-refractivity contribution in [2.75, 3.05) is 32.3 Å². The lowest BCUT2D eigenvalue weighted by molar-refractivity contribution is 0.352. The zero-order valence-electron chi connectivity index (χ0n) is 18.5. The van der Waals surface area contributed by atoms with Gasteiger partial charge in [0.15, 0.2) is 11.5 Å². The third-order valence-corrected chi connectivity index (χ3v) is 8.92. The van der Waals surface area contributed by atoms with Crippen molar-refractivity contribution in [2.24, 2.45) is 5.92 Å². The molecule has 2 aromatic carbocycles. The van der Waals surface area contributed by atoms with Crippen molar-refractivity contribution in [3.05, 3.63) is 47.0 Å². The summed E-state index contributed by atoms with van der Waals surface area (Å²) in [7, 11) is -0.677. The van der Waals surface area contributed by atoms with Crippen molar-refractivity contribution in [3.8, 4) is 11.5 Å². The average Bonchev–Trinajstić information content (AvgIpc) is 2.81. The maximum Gasteiger partial charge on any atom is 0.240 e. The first-order valence-electron chi connectivity index (χ1n) is 10.7. The first kappa shape index (κ1) is 25.0. The van der Waals surface area contributed by atoms with Gasteiger partial charge in [0.1, 0.15) is 0 Å². The fourth-order valence-corrected chi connectivity index (χ4v) is 6.90. The molecule has 0 aromatic heterocycles. The summed E-state index contributed by atoms with van der Waals surface area (Å²) < 4.78 is 38.6. The molecule has 1 atom stereocenters. The summed E-state index contributed by atoms with van der Waals surface area (Å²) in [5, 5.41) is 0.865. The molecule has 0 spiro atoms. The Balaban J connectivity index is 1.67. The van der Waals surface area contributed by atoms with Crippen LogP contribution in [0.5, 0.6) is 11.5 Å². The molecule has 6 nitrogen and oxygen atoms in total. The van der Waals surface area contributed by atoms with Crippen LogP contribution < -0.4 is 19.9 Å². The van der Waals surface area contributed by atoms with Gasteiger partial charge in [0, 0.05) is 34.3 Å². The molecule has 1 aliphatic rings. The highest BCUT2D eigenvalue weighted by Gasteiger charge is 2.27. The van der Waals surface area contributed by atoms with E-state index < -0.39 is 10.0 Å². The lowest BCUT2D eigenvalue weighted by Gasteiger charge is -2.31. The van der Waals surface area contributed by atoms with Gasteiger partial charge < -0.3 is 15.2 Å². The van der Waals surface area contributed by atoms with Gasteiger partial charge >= 0.3 is 0 Å².